The highest BCUT2D eigenvalue weighted by Crippen LogP contribution is 2.31. The fourth-order valence-corrected chi connectivity index (χ4v) is 2.52. The minimum Gasteiger partial charge on any atom is -0.383 e. The summed E-state index contributed by atoms with van der Waals surface area (Å²) in [5.74, 6) is -0.199. The first kappa shape index (κ1) is 14.7. The Morgan fingerprint density at radius 2 is 1.78 bits per heavy atom. The number of nitrogens with two attached hydrogens (primary N) is 1. The van der Waals surface area contributed by atoms with Crippen molar-refractivity contribution in [3.05, 3.63) is 71.5 Å². The molecule has 0 bridgehead atoms. The van der Waals surface area contributed by atoms with Crippen molar-refractivity contribution in [2.45, 2.75) is 6.92 Å². The topological polar surface area (TPSA) is 62.7 Å². The second kappa shape index (κ2) is 5.90. The molecule has 0 aliphatic carbocycles. The number of pyridine rings is 1. The van der Waals surface area contributed by atoms with Gasteiger partial charge in [0, 0.05) is 11.1 Å². The molecule has 0 saturated carbocycles. The molecule has 3 nitrogen and oxygen atoms in total. The summed E-state index contributed by atoms with van der Waals surface area (Å²) in [4.78, 5) is 4.25. The van der Waals surface area contributed by atoms with Gasteiger partial charge in [0.2, 0.25) is 0 Å². The van der Waals surface area contributed by atoms with Crippen LogP contribution < -0.4 is 5.73 Å². The van der Waals surface area contributed by atoms with Gasteiger partial charge in [0.15, 0.2) is 0 Å². The molecule has 2 N–H and O–H groups in total. The highest BCUT2D eigenvalue weighted by molar-refractivity contribution is 5.80. The Balaban J connectivity index is 2.25. The molecule has 112 valence electrons. The Bertz CT molecular complexity index is 926. The van der Waals surface area contributed by atoms with Gasteiger partial charge in [-0.3, -0.25) is 0 Å². The molecule has 3 rings (SSSR count). The summed E-state index contributed by atoms with van der Waals surface area (Å²) < 4.78 is 13.5. The average Bonchev–Trinajstić information content (AvgIpc) is 2.54. The van der Waals surface area contributed by atoms with Crippen LogP contribution in [-0.4, -0.2) is 4.98 Å². The Hall–Kier alpha value is -3.19. The Labute approximate surface area is 133 Å². The first-order chi connectivity index (χ1) is 11.1. The number of halogens is 1. The van der Waals surface area contributed by atoms with Gasteiger partial charge >= 0.3 is 0 Å². The van der Waals surface area contributed by atoms with Crippen molar-refractivity contribution in [2.24, 2.45) is 0 Å². The number of nitriles is 1. The molecule has 4 heteroatoms. The van der Waals surface area contributed by atoms with Crippen LogP contribution >= 0.6 is 0 Å². The molecule has 23 heavy (non-hydrogen) atoms. The number of anilines is 1. The Morgan fingerprint density at radius 1 is 1.04 bits per heavy atom. The largest absolute Gasteiger partial charge is 0.383 e. The van der Waals surface area contributed by atoms with Crippen molar-refractivity contribution in [1.82, 2.24) is 4.98 Å². The van der Waals surface area contributed by atoms with Crippen molar-refractivity contribution in [3.8, 4) is 28.5 Å². The minimum absolute atomic E-state index is 0.144. The molecule has 0 unspecified atom stereocenters. The van der Waals surface area contributed by atoms with Gasteiger partial charge in [0.05, 0.1) is 5.69 Å². The maximum Gasteiger partial charge on any atom is 0.142 e. The van der Waals surface area contributed by atoms with Crippen LogP contribution in [-0.2, 0) is 0 Å². The van der Waals surface area contributed by atoms with Crippen LogP contribution in [0.1, 0.15) is 11.1 Å². The maximum absolute atomic E-state index is 13.5. The highest BCUT2D eigenvalue weighted by Gasteiger charge is 2.13. The maximum atomic E-state index is 13.5. The number of rotatable bonds is 2. The number of nitrogen functional groups attached to an aromatic ring is 1. The van der Waals surface area contributed by atoms with Gasteiger partial charge in [-0.25, -0.2) is 9.37 Å². The second-order valence-corrected chi connectivity index (χ2v) is 5.31. The summed E-state index contributed by atoms with van der Waals surface area (Å²) in [5, 5.41) is 9.41. The summed E-state index contributed by atoms with van der Waals surface area (Å²) in [5.41, 5.74) is 10.1. The zero-order valence-corrected chi connectivity index (χ0v) is 12.5. The standard InChI is InChI=1S/C19H14FN3/c1-12-4-2-5-13(8-12)16-10-18(23-19(22)17(16)11-21)14-6-3-7-15(20)9-14/h2-10H,1H3,(H2,22,23). The van der Waals surface area contributed by atoms with Crippen LogP contribution in [0.2, 0.25) is 0 Å². The van der Waals surface area contributed by atoms with Crippen molar-refractivity contribution in [1.29, 1.82) is 5.26 Å². The van der Waals surface area contributed by atoms with Crippen LogP contribution in [0.5, 0.6) is 0 Å². The van der Waals surface area contributed by atoms with E-state index in [4.69, 9.17) is 5.73 Å². The predicted molar refractivity (Wildman–Crippen MR) is 88.9 cm³/mol. The summed E-state index contributed by atoms with van der Waals surface area (Å²) in [6.07, 6.45) is 0. The molecule has 1 aromatic heterocycles. The fraction of sp³-hybridized carbons (Fsp3) is 0.0526. The van der Waals surface area contributed by atoms with E-state index in [1.807, 2.05) is 31.2 Å². The van der Waals surface area contributed by atoms with E-state index in [-0.39, 0.29) is 11.6 Å². The van der Waals surface area contributed by atoms with Gasteiger partial charge in [-0.05, 0) is 30.7 Å². The summed E-state index contributed by atoms with van der Waals surface area (Å²) in [7, 11) is 0. The van der Waals surface area contributed by atoms with E-state index in [9.17, 15) is 9.65 Å². The number of hydrogen-bond acceptors (Lipinski definition) is 3. The van der Waals surface area contributed by atoms with E-state index >= 15 is 0 Å². The van der Waals surface area contributed by atoms with Crippen LogP contribution in [0.25, 0.3) is 22.4 Å². The van der Waals surface area contributed by atoms with E-state index in [0.29, 0.717) is 22.4 Å². The third-order valence-electron chi connectivity index (χ3n) is 3.61. The van der Waals surface area contributed by atoms with Gasteiger partial charge in [0.25, 0.3) is 0 Å². The van der Waals surface area contributed by atoms with Gasteiger partial charge in [-0.15, -0.1) is 0 Å². The summed E-state index contributed by atoms with van der Waals surface area (Å²) in [6.45, 7) is 1.98. The molecule has 3 aromatic rings. The zero-order valence-electron chi connectivity index (χ0n) is 12.5. The summed E-state index contributed by atoms with van der Waals surface area (Å²) in [6, 6.07) is 17.8. The Kier molecular flexibility index (Phi) is 3.78. The third kappa shape index (κ3) is 2.90. The lowest BCUT2D eigenvalue weighted by molar-refractivity contribution is 0.628. The quantitative estimate of drug-likeness (QED) is 0.767. The van der Waals surface area contributed by atoms with Gasteiger partial charge < -0.3 is 5.73 Å². The van der Waals surface area contributed by atoms with Crippen molar-refractivity contribution >= 4 is 5.82 Å². The number of benzene rings is 2. The molecular formula is C19H14FN3. The number of aromatic nitrogens is 1. The molecular weight excluding hydrogens is 289 g/mol. The van der Waals surface area contributed by atoms with Crippen molar-refractivity contribution < 1.29 is 4.39 Å². The molecule has 1 heterocycles. The molecule has 0 spiro atoms. The monoisotopic (exact) mass is 303 g/mol. The molecule has 0 amide bonds. The normalized spacial score (nSPS) is 10.3. The van der Waals surface area contributed by atoms with E-state index in [1.165, 1.54) is 12.1 Å². The number of hydrogen-bond donors (Lipinski definition) is 1. The number of nitrogens with zero attached hydrogens (tertiary/aromatic N) is 2. The number of aryl methyl sites for hydroxylation is 1. The molecule has 0 atom stereocenters. The average molecular weight is 303 g/mol. The molecule has 0 aliphatic rings. The fourth-order valence-electron chi connectivity index (χ4n) is 2.52. The molecule has 0 saturated heterocycles. The lowest BCUT2D eigenvalue weighted by Crippen LogP contribution is -2.00. The van der Waals surface area contributed by atoms with Crippen molar-refractivity contribution in [3.63, 3.8) is 0 Å². The third-order valence-corrected chi connectivity index (χ3v) is 3.61. The Morgan fingerprint density at radius 3 is 2.48 bits per heavy atom. The van der Waals surface area contributed by atoms with Gasteiger partial charge in [-0.1, -0.05) is 42.0 Å². The van der Waals surface area contributed by atoms with E-state index in [1.54, 1.807) is 18.2 Å². The second-order valence-electron chi connectivity index (χ2n) is 5.31. The van der Waals surface area contributed by atoms with Crippen LogP contribution in [0, 0.1) is 24.1 Å². The zero-order chi connectivity index (χ0) is 16.4. The molecule has 0 fully saturated rings. The van der Waals surface area contributed by atoms with E-state index < -0.39 is 0 Å². The molecule has 0 radical (unpaired) electrons. The van der Waals surface area contributed by atoms with Gasteiger partial charge in [0.1, 0.15) is 23.3 Å². The lowest BCUT2D eigenvalue weighted by Gasteiger charge is -2.11. The SMILES string of the molecule is Cc1cccc(-c2cc(-c3cccc(F)c3)nc(N)c2C#N)c1. The van der Waals surface area contributed by atoms with Crippen molar-refractivity contribution in [2.75, 3.05) is 5.73 Å². The summed E-state index contributed by atoms with van der Waals surface area (Å²) >= 11 is 0. The molecule has 0 aliphatic heterocycles. The van der Waals surface area contributed by atoms with Crippen LogP contribution in [0.4, 0.5) is 10.2 Å². The first-order valence-corrected chi connectivity index (χ1v) is 7.12. The van der Waals surface area contributed by atoms with Crippen LogP contribution in [0.15, 0.2) is 54.6 Å². The molecule has 2 aromatic carbocycles. The lowest BCUT2D eigenvalue weighted by atomic mass is 9.97. The van der Waals surface area contributed by atoms with E-state index in [0.717, 1.165) is 11.1 Å². The van der Waals surface area contributed by atoms with E-state index in [2.05, 4.69) is 11.1 Å². The minimum atomic E-state index is -0.343. The predicted octanol–water partition coefficient (Wildman–Crippen LogP) is 4.32. The smallest absolute Gasteiger partial charge is 0.142 e. The highest BCUT2D eigenvalue weighted by atomic mass is 19.1. The van der Waals surface area contributed by atoms with Gasteiger partial charge in [-0.2, -0.15) is 5.26 Å². The first-order valence-electron chi connectivity index (χ1n) is 7.12. The van der Waals surface area contributed by atoms with Crippen LogP contribution in [0.3, 0.4) is 0 Å².